The molecule has 1 aromatic heterocycles. The van der Waals surface area contributed by atoms with Crippen molar-refractivity contribution in [3.05, 3.63) is 57.9 Å². The lowest BCUT2D eigenvalue weighted by Gasteiger charge is -2.06. The van der Waals surface area contributed by atoms with Crippen LogP contribution in [0.3, 0.4) is 0 Å². The van der Waals surface area contributed by atoms with E-state index in [1.807, 2.05) is 30.3 Å². The predicted octanol–water partition coefficient (Wildman–Crippen LogP) is 4.95. The summed E-state index contributed by atoms with van der Waals surface area (Å²) in [5, 5.41) is 2.28. The number of fused-ring (bicyclic) bond motifs is 1. The van der Waals surface area contributed by atoms with Crippen molar-refractivity contribution >= 4 is 42.6 Å². The van der Waals surface area contributed by atoms with Crippen LogP contribution in [0.15, 0.2) is 57.9 Å². The molecule has 19 heavy (non-hydrogen) atoms. The van der Waals surface area contributed by atoms with E-state index in [-0.39, 0.29) is 0 Å². The standard InChI is InChI=1S/C14H8Br2N2O/c15-11-3-1-10-6-12(4-2-9(10)5-11)19-14-7-13(16)17-8-18-14/h1-8H. The van der Waals surface area contributed by atoms with Crippen molar-refractivity contribution in [2.75, 3.05) is 0 Å². The molecule has 5 heteroatoms. The van der Waals surface area contributed by atoms with Crippen molar-refractivity contribution in [1.29, 1.82) is 0 Å². The number of halogens is 2. The lowest BCUT2D eigenvalue weighted by molar-refractivity contribution is 0.461. The molecule has 1 heterocycles. The average molecular weight is 380 g/mol. The molecule has 0 spiro atoms. The van der Waals surface area contributed by atoms with Gasteiger partial charge >= 0.3 is 0 Å². The second-order valence-corrected chi connectivity index (χ2v) is 5.66. The number of rotatable bonds is 2. The highest BCUT2D eigenvalue weighted by Crippen LogP contribution is 2.27. The molecule has 0 N–H and O–H groups in total. The molecular weight excluding hydrogens is 372 g/mol. The molecule has 0 aliphatic heterocycles. The minimum Gasteiger partial charge on any atom is -0.439 e. The van der Waals surface area contributed by atoms with Crippen LogP contribution in [0.1, 0.15) is 0 Å². The molecule has 94 valence electrons. The molecule has 0 fully saturated rings. The van der Waals surface area contributed by atoms with Gasteiger partial charge in [-0.3, -0.25) is 0 Å². The van der Waals surface area contributed by atoms with Gasteiger partial charge in [-0.1, -0.05) is 28.1 Å². The Bertz CT molecular complexity index is 746. The predicted molar refractivity (Wildman–Crippen MR) is 81.5 cm³/mol. The normalized spacial score (nSPS) is 10.6. The highest BCUT2D eigenvalue weighted by molar-refractivity contribution is 9.10. The topological polar surface area (TPSA) is 35.0 Å². The monoisotopic (exact) mass is 378 g/mol. The zero-order valence-corrected chi connectivity index (χ0v) is 12.8. The number of ether oxygens (including phenoxy) is 1. The SMILES string of the molecule is Brc1ccc2cc(Oc3cc(Br)ncn3)ccc2c1. The maximum Gasteiger partial charge on any atom is 0.223 e. The van der Waals surface area contributed by atoms with Crippen LogP contribution in [-0.2, 0) is 0 Å². The first-order valence-corrected chi connectivity index (χ1v) is 7.14. The molecule has 3 nitrogen and oxygen atoms in total. The first-order valence-electron chi connectivity index (χ1n) is 5.55. The minimum absolute atomic E-state index is 0.512. The average Bonchev–Trinajstić information content (AvgIpc) is 2.39. The van der Waals surface area contributed by atoms with Gasteiger partial charge < -0.3 is 4.74 Å². The molecule has 0 aliphatic carbocycles. The molecule has 0 radical (unpaired) electrons. The fourth-order valence-corrected chi connectivity index (χ4v) is 2.42. The number of benzene rings is 2. The Morgan fingerprint density at radius 3 is 2.47 bits per heavy atom. The van der Waals surface area contributed by atoms with Gasteiger partial charge in [-0.15, -0.1) is 0 Å². The van der Waals surface area contributed by atoms with E-state index in [2.05, 4.69) is 47.9 Å². The van der Waals surface area contributed by atoms with Gasteiger partial charge in [0.05, 0.1) is 0 Å². The summed E-state index contributed by atoms with van der Waals surface area (Å²) in [5.41, 5.74) is 0. The highest BCUT2D eigenvalue weighted by atomic mass is 79.9. The van der Waals surface area contributed by atoms with E-state index in [9.17, 15) is 0 Å². The van der Waals surface area contributed by atoms with Crippen molar-refractivity contribution in [3.63, 3.8) is 0 Å². The summed E-state index contributed by atoms with van der Waals surface area (Å²) in [5.74, 6) is 1.26. The summed E-state index contributed by atoms with van der Waals surface area (Å²) < 4.78 is 7.46. The third-order valence-electron chi connectivity index (χ3n) is 2.60. The lowest BCUT2D eigenvalue weighted by Crippen LogP contribution is -1.89. The minimum atomic E-state index is 0.512. The molecule has 0 bridgehead atoms. The fourth-order valence-electron chi connectivity index (χ4n) is 1.75. The Balaban J connectivity index is 1.95. The summed E-state index contributed by atoms with van der Waals surface area (Å²) in [6.45, 7) is 0. The molecule has 3 aromatic rings. The van der Waals surface area contributed by atoms with Crippen LogP contribution >= 0.6 is 31.9 Å². The van der Waals surface area contributed by atoms with E-state index in [1.165, 1.54) is 6.33 Å². The van der Waals surface area contributed by atoms with Gasteiger partial charge in [-0.2, -0.15) is 0 Å². The quantitative estimate of drug-likeness (QED) is 0.591. The van der Waals surface area contributed by atoms with Crippen LogP contribution in [0.2, 0.25) is 0 Å². The van der Waals surface area contributed by atoms with Gasteiger partial charge in [-0.05, 0) is 51.0 Å². The summed E-state index contributed by atoms with van der Waals surface area (Å²) >= 11 is 6.75. The molecule has 0 unspecified atom stereocenters. The summed E-state index contributed by atoms with van der Waals surface area (Å²) in [6, 6.07) is 13.8. The third kappa shape index (κ3) is 2.93. The van der Waals surface area contributed by atoms with Crippen molar-refractivity contribution in [3.8, 4) is 11.6 Å². The van der Waals surface area contributed by atoms with Crippen LogP contribution in [0.4, 0.5) is 0 Å². The summed E-state index contributed by atoms with van der Waals surface area (Å²) in [6.07, 6.45) is 1.46. The van der Waals surface area contributed by atoms with Crippen molar-refractivity contribution in [2.24, 2.45) is 0 Å². The second-order valence-electron chi connectivity index (χ2n) is 3.93. The first-order chi connectivity index (χ1) is 9.20. The Morgan fingerprint density at radius 2 is 1.63 bits per heavy atom. The first kappa shape index (κ1) is 12.6. The maximum absolute atomic E-state index is 5.70. The van der Waals surface area contributed by atoms with Gasteiger partial charge in [0, 0.05) is 10.5 Å². The molecule has 0 atom stereocenters. The van der Waals surface area contributed by atoms with E-state index in [0.717, 1.165) is 21.0 Å². The number of nitrogens with zero attached hydrogens (tertiary/aromatic N) is 2. The zero-order chi connectivity index (χ0) is 13.2. The molecule has 3 rings (SSSR count). The van der Waals surface area contributed by atoms with Gasteiger partial charge in [0.25, 0.3) is 0 Å². The smallest absolute Gasteiger partial charge is 0.223 e. The Morgan fingerprint density at radius 1 is 0.842 bits per heavy atom. The maximum atomic E-state index is 5.70. The number of aromatic nitrogens is 2. The second kappa shape index (κ2) is 5.27. The highest BCUT2D eigenvalue weighted by Gasteiger charge is 2.02. The van der Waals surface area contributed by atoms with E-state index in [0.29, 0.717) is 10.5 Å². The van der Waals surface area contributed by atoms with E-state index in [1.54, 1.807) is 6.07 Å². The lowest BCUT2D eigenvalue weighted by atomic mass is 10.1. The number of hydrogen-bond donors (Lipinski definition) is 0. The summed E-state index contributed by atoms with van der Waals surface area (Å²) in [4.78, 5) is 8.02. The van der Waals surface area contributed by atoms with Crippen LogP contribution in [-0.4, -0.2) is 9.97 Å². The molecule has 0 aliphatic rings. The Hall–Kier alpha value is -1.46. The van der Waals surface area contributed by atoms with E-state index in [4.69, 9.17) is 4.74 Å². The third-order valence-corrected chi connectivity index (χ3v) is 3.53. The van der Waals surface area contributed by atoms with Crippen LogP contribution in [0, 0.1) is 0 Å². The van der Waals surface area contributed by atoms with Crippen LogP contribution < -0.4 is 4.74 Å². The van der Waals surface area contributed by atoms with Gasteiger partial charge in [-0.25, -0.2) is 9.97 Å². The van der Waals surface area contributed by atoms with Gasteiger partial charge in [0.15, 0.2) is 0 Å². The largest absolute Gasteiger partial charge is 0.439 e. The zero-order valence-electron chi connectivity index (χ0n) is 9.68. The summed E-state index contributed by atoms with van der Waals surface area (Å²) in [7, 11) is 0. The van der Waals surface area contributed by atoms with Crippen LogP contribution in [0.25, 0.3) is 10.8 Å². The van der Waals surface area contributed by atoms with Crippen molar-refractivity contribution in [1.82, 2.24) is 9.97 Å². The fraction of sp³-hybridized carbons (Fsp3) is 0. The molecule has 0 saturated heterocycles. The number of hydrogen-bond acceptors (Lipinski definition) is 3. The molecule has 0 amide bonds. The van der Waals surface area contributed by atoms with Crippen molar-refractivity contribution in [2.45, 2.75) is 0 Å². The molecule has 2 aromatic carbocycles. The van der Waals surface area contributed by atoms with E-state index < -0.39 is 0 Å². The molecular formula is C14H8Br2N2O. The van der Waals surface area contributed by atoms with Crippen molar-refractivity contribution < 1.29 is 4.74 Å². The van der Waals surface area contributed by atoms with Crippen LogP contribution in [0.5, 0.6) is 11.6 Å². The van der Waals surface area contributed by atoms with Gasteiger partial charge in [0.2, 0.25) is 5.88 Å². The van der Waals surface area contributed by atoms with Gasteiger partial charge in [0.1, 0.15) is 16.7 Å². The molecule has 0 saturated carbocycles. The van der Waals surface area contributed by atoms with E-state index >= 15 is 0 Å². The Labute approximate surface area is 126 Å². The Kier molecular flexibility index (Phi) is 3.48.